The molecule has 0 aliphatic carbocycles. The maximum Gasteiger partial charge on any atom is 0.213 e. The first-order valence-corrected chi connectivity index (χ1v) is 5.51. The van der Waals surface area contributed by atoms with Crippen LogP contribution in [0.2, 0.25) is 0 Å². The van der Waals surface area contributed by atoms with E-state index < -0.39 is 0 Å². The number of guanidine groups is 1. The second-order valence-electron chi connectivity index (χ2n) is 3.83. The molecule has 0 aliphatic rings. The summed E-state index contributed by atoms with van der Waals surface area (Å²) in [6, 6.07) is 9.86. The van der Waals surface area contributed by atoms with E-state index in [1.165, 1.54) is 0 Å². The van der Waals surface area contributed by atoms with Crippen LogP contribution in [-0.4, -0.2) is 37.7 Å². The van der Waals surface area contributed by atoms with E-state index in [9.17, 15) is 0 Å². The zero-order valence-corrected chi connectivity index (χ0v) is 10.6. The van der Waals surface area contributed by atoms with Gasteiger partial charge >= 0.3 is 0 Å². The summed E-state index contributed by atoms with van der Waals surface area (Å²) in [5.74, 6) is 6.10. The predicted octanol–water partition coefficient (Wildman–Crippen LogP) is 1.10. The molecule has 0 fully saturated rings. The number of nitrogens with one attached hydrogen (secondary N) is 1. The Balaban J connectivity index is 2.80. The third-order valence-electron chi connectivity index (χ3n) is 2.52. The summed E-state index contributed by atoms with van der Waals surface area (Å²) in [6.45, 7) is 2.66. The lowest BCUT2D eigenvalue weighted by Crippen LogP contribution is -2.47. The molecule has 5 nitrogen and oxygen atoms in total. The number of benzene rings is 1. The molecular weight excluding hydrogens is 216 g/mol. The van der Waals surface area contributed by atoms with Crippen LogP contribution in [0.1, 0.15) is 6.92 Å². The summed E-state index contributed by atoms with van der Waals surface area (Å²) in [6.07, 6.45) is 0. The van der Waals surface area contributed by atoms with Gasteiger partial charge in [-0.25, -0.2) is 10.8 Å². The van der Waals surface area contributed by atoms with E-state index in [2.05, 4.69) is 10.4 Å². The van der Waals surface area contributed by atoms with E-state index in [0.29, 0.717) is 12.6 Å². The lowest BCUT2D eigenvalue weighted by Gasteiger charge is -2.26. The van der Waals surface area contributed by atoms with Crippen molar-refractivity contribution in [3.63, 3.8) is 0 Å². The number of nitrogens with zero attached hydrogens (tertiary/aromatic N) is 2. The van der Waals surface area contributed by atoms with Gasteiger partial charge < -0.3 is 9.64 Å². The van der Waals surface area contributed by atoms with Crippen LogP contribution in [0.4, 0.5) is 5.69 Å². The second-order valence-corrected chi connectivity index (χ2v) is 3.83. The number of hydrogen-bond acceptors (Lipinski definition) is 3. The fraction of sp³-hybridized carbons (Fsp3) is 0.417. The zero-order chi connectivity index (χ0) is 12.7. The number of hydrogen-bond donors (Lipinski definition) is 2. The highest BCUT2D eigenvalue weighted by Crippen LogP contribution is 2.10. The minimum atomic E-state index is 0.193. The van der Waals surface area contributed by atoms with Crippen LogP contribution in [0.3, 0.4) is 0 Å². The Labute approximate surface area is 102 Å². The van der Waals surface area contributed by atoms with Gasteiger partial charge in [-0.1, -0.05) is 18.2 Å². The Morgan fingerprint density at radius 1 is 1.47 bits per heavy atom. The summed E-state index contributed by atoms with van der Waals surface area (Å²) < 4.78 is 5.10. The van der Waals surface area contributed by atoms with Gasteiger partial charge in [-0.2, -0.15) is 0 Å². The third-order valence-corrected chi connectivity index (χ3v) is 2.52. The van der Waals surface area contributed by atoms with E-state index >= 15 is 0 Å². The van der Waals surface area contributed by atoms with Crippen molar-refractivity contribution < 1.29 is 4.74 Å². The fourth-order valence-corrected chi connectivity index (χ4v) is 1.40. The summed E-state index contributed by atoms with van der Waals surface area (Å²) in [5, 5.41) is 0. The van der Waals surface area contributed by atoms with Gasteiger partial charge in [-0.3, -0.25) is 5.43 Å². The molecule has 0 saturated heterocycles. The Kier molecular flexibility index (Phi) is 5.45. The van der Waals surface area contributed by atoms with Crippen molar-refractivity contribution >= 4 is 11.6 Å². The monoisotopic (exact) mass is 236 g/mol. The number of para-hydroxylation sites is 1. The topological polar surface area (TPSA) is 62.9 Å². The molecule has 0 radical (unpaired) electrons. The lowest BCUT2D eigenvalue weighted by molar-refractivity contribution is 0.144. The van der Waals surface area contributed by atoms with E-state index in [0.717, 1.165) is 5.69 Å². The molecule has 94 valence electrons. The van der Waals surface area contributed by atoms with Crippen molar-refractivity contribution in [1.29, 1.82) is 0 Å². The van der Waals surface area contributed by atoms with Crippen LogP contribution < -0.4 is 11.3 Å². The van der Waals surface area contributed by atoms with Crippen LogP contribution >= 0.6 is 0 Å². The van der Waals surface area contributed by atoms with Gasteiger partial charge in [0.1, 0.15) is 0 Å². The van der Waals surface area contributed by atoms with Crippen LogP contribution in [0, 0.1) is 0 Å². The SMILES string of the molecule is COCC(C)N(C)C(=Nc1ccccc1)NN. The van der Waals surface area contributed by atoms with Crippen molar-refractivity contribution in [1.82, 2.24) is 10.3 Å². The smallest absolute Gasteiger partial charge is 0.213 e. The van der Waals surface area contributed by atoms with Crippen LogP contribution in [0.15, 0.2) is 35.3 Å². The summed E-state index contributed by atoms with van der Waals surface area (Å²) in [4.78, 5) is 6.37. The number of aliphatic imine (C=N–C) groups is 1. The molecule has 0 bridgehead atoms. The van der Waals surface area contributed by atoms with E-state index in [4.69, 9.17) is 10.6 Å². The molecule has 1 unspecified atom stereocenters. The van der Waals surface area contributed by atoms with E-state index in [-0.39, 0.29) is 6.04 Å². The Bertz CT molecular complexity index is 353. The molecule has 17 heavy (non-hydrogen) atoms. The molecule has 0 spiro atoms. The van der Waals surface area contributed by atoms with Crippen molar-refractivity contribution in [2.45, 2.75) is 13.0 Å². The molecule has 1 atom stereocenters. The molecule has 1 aromatic rings. The maximum absolute atomic E-state index is 5.49. The van der Waals surface area contributed by atoms with E-state index in [1.54, 1.807) is 7.11 Å². The number of hydrazine groups is 1. The molecule has 0 aromatic heterocycles. The number of likely N-dealkylation sites (N-methyl/N-ethyl adjacent to an activating group) is 1. The second kappa shape index (κ2) is 6.88. The van der Waals surface area contributed by atoms with Crippen molar-refractivity contribution in [2.24, 2.45) is 10.8 Å². The number of ether oxygens (including phenoxy) is 1. The number of nitrogens with two attached hydrogens (primary N) is 1. The minimum absolute atomic E-state index is 0.193. The van der Waals surface area contributed by atoms with Crippen molar-refractivity contribution in [3.8, 4) is 0 Å². The Morgan fingerprint density at radius 3 is 2.65 bits per heavy atom. The van der Waals surface area contributed by atoms with Gasteiger partial charge in [-0.15, -0.1) is 0 Å². The van der Waals surface area contributed by atoms with E-state index in [1.807, 2.05) is 49.2 Å². The molecule has 0 heterocycles. The standard InChI is InChI=1S/C12H20N4O/c1-10(9-17-3)16(2)12(15-13)14-11-7-5-4-6-8-11/h4-8,10H,9,13H2,1-3H3,(H,14,15). The molecular formula is C12H20N4O. The summed E-state index contributed by atoms with van der Waals surface area (Å²) in [7, 11) is 3.60. The highest BCUT2D eigenvalue weighted by molar-refractivity contribution is 5.82. The highest BCUT2D eigenvalue weighted by atomic mass is 16.5. The fourth-order valence-electron chi connectivity index (χ4n) is 1.40. The van der Waals surface area contributed by atoms with Gasteiger partial charge in [0, 0.05) is 14.2 Å². The number of rotatable bonds is 4. The van der Waals surface area contributed by atoms with Gasteiger partial charge in [-0.05, 0) is 19.1 Å². The van der Waals surface area contributed by atoms with Crippen LogP contribution in [0.5, 0.6) is 0 Å². The minimum Gasteiger partial charge on any atom is -0.383 e. The van der Waals surface area contributed by atoms with Gasteiger partial charge in [0.05, 0.1) is 18.3 Å². The summed E-state index contributed by atoms with van der Waals surface area (Å²) >= 11 is 0. The first kappa shape index (κ1) is 13.5. The molecule has 3 N–H and O–H groups in total. The average Bonchev–Trinajstić information content (AvgIpc) is 2.36. The highest BCUT2D eigenvalue weighted by Gasteiger charge is 2.12. The molecule has 0 aliphatic heterocycles. The first-order valence-electron chi connectivity index (χ1n) is 5.51. The molecule has 5 heteroatoms. The normalized spacial score (nSPS) is 13.3. The summed E-state index contributed by atoms with van der Waals surface area (Å²) in [5.41, 5.74) is 3.47. The maximum atomic E-state index is 5.49. The zero-order valence-electron chi connectivity index (χ0n) is 10.6. The Hall–Kier alpha value is -1.59. The van der Waals surface area contributed by atoms with Crippen LogP contribution in [0.25, 0.3) is 0 Å². The van der Waals surface area contributed by atoms with Crippen LogP contribution in [-0.2, 0) is 4.74 Å². The van der Waals surface area contributed by atoms with Crippen molar-refractivity contribution in [3.05, 3.63) is 30.3 Å². The quantitative estimate of drug-likeness (QED) is 0.356. The lowest BCUT2D eigenvalue weighted by atomic mass is 10.3. The average molecular weight is 236 g/mol. The van der Waals surface area contributed by atoms with Crippen molar-refractivity contribution in [2.75, 3.05) is 20.8 Å². The van der Waals surface area contributed by atoms with Gasteiger partial charge in [0.25, 0.3) is 0 Å². The first-order chi connectivity index (χ1) is 8.19. The molecule has 0 amide bonds. The largest absolute Gasteiger partial charge is 0.383 e. The molecule has 0 saturated carbocycles. The third kappa shape index (κ3) is 4.05. The molecule has 1 aromatic carbocycles. The van der Waals surface area contributed by atoms with Gasteiger partial charge in [0.15, 0.2) is 0 Å². The Morgan fingerprint density at radius 2 is 2.12 bits per heavy atom. The van der Waals surface area contributed by atoms with Gasteiger partial charge in [0.2, 0.25) is 5.96 Å². The number of methoxy groups -OCH3 is 1. The predicted molar refractivity (Wildman–Crippen MR) is 70.0 cm³/mol. The molecule has 1 rings (SSSR count).